The van der Waals surface area contributed by atoms with E-state index in [9.17, 15) is 3.08 Å². The Hall–Kier alpha value is 0.159. The summed E-state index contributed by atoms with van der Waals surface area (Å²) in [5.41, 5.74) is 0. The molecule has 0 heterocycles. The van der Waals surface area contributed by atoms with Crippen LogP contribution >= 0.6 is 0 Å². The topological polar surface area (TPSA) is 17.1 Å². The Bertz CT molecular complexity index is 152. The fraction of sp³-hybridized carbons (Fsp3) is 0.750. The fourth-order valence-corrected chi connectivity index (χ4v) is 3.94. The van der Waals surface area contributed by atoms with Crippen molar-refractivity contribution in [2.75, 3.05) is 0 Å². The maximum absolute atomic E-state index is 11.1. The van der Waals surface area contributed by atoms with Gasteiger partial charge in [-0.15, -0.1) is 0 Å². The molecule has 0 amide bonds. The van der Waals surface area contributed by atoms with E-state index in [4.69, 9.17) is 0 Å². The van der Waals surface area contributed by atoms with E-state index in [1.807, 2.05) is 6.92 Å². The maximum atomic E-state index is 11.1. The molecule has 0 saturated carbocycles. The minimum absolute atomic E-state index is 0.846. The average molecular weight is 245 g/mol. The molecule has 0 rings (SSSR count). The van der Waals surface area contributed by atoms with Gasteiger partial charge >= 0.3 is 70.2 Å². The Balaban J connectivity index is 3.43. The van der Waals surface area contributed by atoms with Crippen molar-refractivity contribution >= 4 is 19.7 Å². The minimum atomic E-state index is -2.35. The van der Waals surface area contributed by atoms with Gasteiger partial charge in [0.1, 0.15) is 0 Å². The van der Waals surface area contributed by atoms with Crippen LogP contribution < -0.4 is 0 Å². The Labute approximate surface area is 70.3 Å². The van der Waals surface area contributed by atoms with E-state index >= 15 is 0 Å². The Morgan fingerprint density at radius 1 is 1.40 bits per heavy atom. The summed E-state index contributed by atoms with van der Waals surface area (Å²) in [6.07, 6.45) is 3.08. The first kappa shape index (κ1) is 10.2. The second-order valence-electron chi connectivity index (χ2n) is 2.18. The molecule has 0 unspecified atom stereocenters. The molecule has 10 heavy (non-hydrogen) atoms. The quantitative estimate of drug-likeness (QED) is 0.550. The van der Waals surface area contributed by atoms with E-state index in [1.54, 1.807) is 0 Å². The van der Waals surface area contributed by atoms with E-state index in [-0.39, 0.29) is 0 Å². The Kier molecular flexibility index (Phi) is 7.38. The monoisotopic (exact) mass is 246 g/mol. The van der Waals surface area contributed by atoms with Crippen LogP contribution in [-0.4, -0.2) is 19.7 Å². The van der Waals surface area contributed by atoms with Gasteiger partial charge in [0.25, 0.3) is 0 Å². The van der Waals surface area contributed by atoms with Crippen molar-refractivity contribution in [2.45, 2.75) is 37.5 Å². The molecule has 0 bridgehead atoms. The number of hydrogen-bond acceptors (Lipinski definition) is 1. The zero-order valence-electron chi connectivity index (χ0n) is 6.74. The van der Waals surface area contributed by atoms with Crippen LogP contribution in [0.5, 0.6) is 0 Å². The zero-order valence-corrected chi connectivity index (χ0v) is 9.59. The molecular weight excluding hydrogens is 231 g/mol. The summed E-state index contributed by atoms with van der Waals surface area (Å²) in [5, 5.41) is 0. The van der Waals surface area contributed by atoms with Crippen molar-refractivity contribution in [1.29, 1.82) is 0 Å². The van der Waals surface area contributed by atoms with Gasteiger partial charge in [-0.25, -0.2) is 0 Å². The van der Waals surface area contributed by atoms with Crippen LogP contribution in [0.1, 0.15) is 33.1 Å². The van der Waals surface area contributed by atoms with Crippen LogP contribution in [0.25, 0.3) is 0 Å². The second-order valence-corrected chi connectivity index (χ2v) is 6.74. The summed E-state index contributed by atoms with van der Waals surface area (Å²) in [5.74, 6) is 2.88. The van der Waals surface area contributed by atoms with E-state index in [1.165, 1.54) is 0 Å². The van der Waals surface area contributed by atoms with Crippen molar-refractivity contribution in [3.05, 3.63) is 0 Å². The molecule has 0 aromatic carbocycles. The molecule has 56 valence electrons. The van der Waals surface area contributed by atoms with Crippen molar-refractivity contribution < 1.29 is 3.08 Å². The van der Waals surface area contributed by atoms with E-state index < -0.39 is 19.7 Å². The summed E-state index contributed by atoms with van der Waals surface area (Å²) in [6, 6.07) is 0. The van der Waals surface area contributed by atoms with Crippen LogP contribution in [-0.2, 0) is 3.08 Å². The molecule has 0 fully saturated rings. The normalized spacial score (nSPS) is 8.20. The van der Waals surface area contributed by atoms with Crippen molar-refractivity contribution in [3.8, 4) is 9.86 Å². The third-order valence-electron chi connectivity index (χ3n) is 1.16. The van der Waals surface area contributed by atoms with Gasteiger partial charge < -0.3 is 0 Å². The summed E-state index contributed by atoms with van der Waals surface area (Å²) in [7, 11) is 0. The molecule has 0 N–H and O–H groups in total. The van der Waals surface area contributed by atoms with Crippen LogP contribution in [0.15, 0.2) is 0 Å². The van der Waals surface area contributed by atoms with E-state index in [0.717, 1.165) is 23.7 Å². The van der Waals surface area contributed by atoms with Gasteiger partial charge in [-0.2, -0.15) is 0 Å². The van der Waals surface area contributed by atoms with Crippen LogP contribution in [0.2, 0.25) is 4.44 Å². The standard InChI is InChI=1S/C4H9.C4H5.O.Sn/c2*1-3-4-2;;/h1,3-4H2,2H3;3H2,1H3;;. The Morgan fingerprint density at radius 2 is 2.10 bits per heavy atom. The molecule has 0 atom stereocenters. The molecular formula is C8H14OSn. The van der Waals surface area contributed by atoms with Gasteiger partial charge in [-0.3, -0.25) is 0 Å². The molecule has 0 aromatic heterocycles. The van der Waals surface area contributed by atoms with Gasteiger partial charge in [0.15, 0.2) is 0 Å². The van der Waals surface area contributed by atoms with Crippen molar-refractivity contribution in [1.82, 2.24) is 0 Å². The summed E-state index contributed by atoms with van der Waals surface area (Å²) >= 11 is -2.35. The van der Waals surface area contributed by atoms with Crippen LogP contribution in [0.3, 0.4) is 0 Å². The van der Waals surface area contributed by atoms with Gasteiger partial charge in [0, 0.05) is 0 Å². The molecule has 0 aliphatic rings. The van der Waals surface area contributed by atoms with Gasteiger partial charge in [-0.05, 0) is 0 Å². The van der Waals surface area contributed by atoms with Crippen LogP contribution in [0.4, 0.5) is 0 Å². The molecule has 0 saturated heterocycles. The van der Waals surface area contributed by atoms with Gasteiger partial charge in [-0.1, -0.05) is 0 Å². The average Bonchev–Trinajstić information content (AvgIpc) is 1.97. The number of unbranched alkanes of at least 4 members (excludes halogenated alkanes) is 1. The van der Waals surface area contributed by atoms with Crippen LogP contribution in [0, 0.1) is 9.86 Å². The SMILES string of the molecule is CCC#[C][Sn](=[O])[CH2]CCC. The summed E-state index contributed by atoms with van der Waals surface area (Å²) in [4.78, 5) is 0. The van der Waals surface area contributed by atoms with E-state index in [0.29, 0.717) is 0 Å². The molecule has 0 aromatic rings. The molecule has 2 heteroatoms. The predicted molar refractivity (Wildman–Crippen MR) is 44.2 cm³/mol. The Morgan fingerprint density at radius 3 is 2.60 bits per heavy atom. The fourth-order valence-electron chi connectivity index (χ4n) is 0.587. The molecule has 0 aliphatic heterocycles. The molecule has 0 radical (unpaired) electrons. The van der Waals surface area contributed by atoms with Gasteiger partial charge in [0.2, 0.25) is 0 Å². The van der Waals surface area contributed by atoms with Crippen molar-refractivity contribution in [3.63, 3.8) is 0 Å². The third kappa shape index (κ3) is 6.28. The first-order chi connectivity index (χ1) is 4.81. The second kappa shape index (κ2) is 7.27. The van der Waals surface area contributed by atoms with Gasteiger partial charge in [0.05, 0.1) is 0 Å². The molecule has 0 spiro atoms. The third-order valence-corrected chi connectivity index (χ3v) is 4.77. The zero-order chi connectivity index (χ0) is 7.82. The predicted octanol–water partition coefficient (Wildman–Crippen LogP) is 2.16. The molecule has 1 nitrogen and oxygen atoms in total. The first-order valence-electron chi connectivity index (χ1n) is 3.83. The van der Waals surface area contributed by atoms with Crippen molar-refractivity contribution in [2.24, 2.45) is 0 Å². The first-order valence-corrected chi connectivity index (χ1v) is 8.44. The number of hydrogen-bond donors (Lipinski definition) is 0. The van der Waals surface area contributed by atoms with E-state index in [2.05, 4.69) is 16.8 Å². The number of rotatable bonds is 3. The summed E-state index contributed by atoms with van der Waals surface area (Å²) in [6.45, 7) is 4.10. The molecule has 0 aliphatic carbocycles. The summed E-state index contributed by atoms with van der Waals surface area (Å²) < 4.78 is 14.8.